The highest BCUT2D eigenvalue weighted by Gasteiger charge is 2.40. The summed E-state index contributed by atoms with van der Waals surface area (Å²) < 4.78 is 4.15. The van der Waals surface area contributed by atoms with Gasteiger partial charge in [-0.25, -0.2) is 9.97 Å². The third kappa shape index (κ3) is 10.0. The van der Waals surface area contributed by atoms with Crippen molar-refractivity contribution in [3.05, 3.63) is 275 Å². The fraction of sp³-hybridized carbons (Fsp3) is 0.169. The predicted molar refractivity (Wildman–Crippen MR) is 276 cm³/mol. The summed E-state index contributed by atoms with van der Waals surface area (Å²) in [6, 6.07) is 63.3. The molecule has 0 aliphatic rings. The number of benzene rings is 6. The molecule has 0 saturated carbocycles. The first-order valence-electron chi connectivity index (χ1n) is 23.7. The van der Waals surface area contributed by atoms with Crippen molar-refractivity contribution in [1.29, 1.82) is 0 Å². The number of carboxylic acids is 2. The van der Waals surface area contributed by atoms with Crippen molar-refractivity contribution in [3.8, 4) is 0 Å². The number of nitrogens with zero attached hydrogens (tertiary/aromatic N) is 6. The summed E-state index contributed by atoms with van der Waals surface area (Å²) in [6.45, 7) is 0.278. The smallest absolute Gasteiger partial charge is 0.321 e. The minimum absolute atomic E-state index is 0.109. The quantitative estimate of drug-likeness (QED) is 0.0515. The van der Waals surface area contributed by atoms with Gasteiger partial charge in [0.25, 0.3) is 0 Å². The molecule has 9 aromatic rings. The SMILES string of the molecule is CN(C)c1cc(CN[C@@H](Cc2cn(C(c3ccccc3)(c3ccccc3)c3ccccc3)cn2)C(=O)O)nc(CN[C@@H](Cc2cn(C(c3ccccc3)(c3ccccc3)c3ccccc3)cn2)C(=O)O)c1. The van der Waals surface area contributed by atoms with Crippen LogP contribution in [0.25, 0.3) is 0 Å². The Hall–Kier alpha value is -8.45. The predicted octanol–water partition coefficient (Wildman–Crippen LogP) is 8.79. The van der Waals surface area contributed by atoms with E-state index in [9.17, 15) is 19.8 Å². The topological polar surface area (TPSA) is 150 Å². The lowest BCUT2D eigenvalue weighted by Gasteiger charge is -2.37. The van der Waals surface area contributed by atoms with E-state index in [-0.39, 0.29) is 25.9 Å². The number of aliphatic carboxylic acids is 2. The average Bonchev–Trinajstić information content (AvgIpc) is 4.09. The van der Waals surface area contributed by atoms with Crippen LogP contribution in [0.2, 0.25) is 0 Å². The molecule has 3 aromatic heterocycles. The van der Waals surface area contributed by atoms with Crippen LogP contribution in [0.1, 0.15) is 56.2 Å². The molecule has 0 spiro atoms. The number of hydrogen-bond acceptors (Lipinski definition) is 8. The summed E-state index contributed by atoms with van der Waals surface area (Å²) in [5, 5.41) is 27.6. The van der Waals surface area contributed by atoms with Crippen LogP contribution in [0, 0.1) is 0 Å². The summed E-state index contributed by atoms with van der Waals surface area (Å²) in [5.41, 5.74) is 7.86. The molecule has 3 heterocycles. The molecule has 0 bridgehead atoms. The van der Waals surface area contributed by atoms with Crippen LogP contribution in [0.3, 0.4) is 0 Å². The first kappa shape index (κ1) is 47.6. The minimum Gasteiger partial charge on any atom is -0.480 e. The van der Waals surface area contributed by atoms with Crippen LogP contribution < -0.4 is 15.5 Å². The molecular formula is C59H56N8O4. The molecule has 71 heavy (non-hydrogen) atoms. The van der Waals surface area contributed by atoms with Gasteiger partial charge in [0.05, 0.1) is 35.4 Å². The van der Waals surface area contributed by atoms with Crippen molar-refractivity contribution >= 4 is 17.6 Å². The first-order valence-corrected chi connectivity index (χ1v) is 23.7. The van der Waals surface area contributed by atoms with Crippen LogP contribution in [0.5, 0.6) is 0 Å². The van der Waals surface area contributed by atoms with Gasteiger partial charge in [-0.05, 0) is 45.5 Å². The highest BCUT2D eigenvalue weighted by molar-refractivity contribution is 5.74. The van der Waals surface area contributed by atoms with Gasteiger partial charge in [-0.1, -0.05) is 182 Å². The zero-order valence-corrected chi connectivity index (χ0v) is 39.7. The van der Waals surface area contributed by atoms with Gasteiger partial charge < -0.3 is 24.2 Å². The molecule has 0 amide bonds. The van der Waals surface area contributed by atoms with Gasteiger partial charge in [0.1, 0.15) is 23.2 Å². The maximum atomic E-state index is 12.9. The fourth-order valence-electron chi connectivity index (χ4n) is 9.71. The largest absolute Gasteiger partial charge is 0.480 e. The Bertz CT molecular complexity index is 2750. The maximum absolute atomic E-state index is 12.9. The molecule has 0 aliphatic carbocycles. The number of anilines is 1. The Morgan fingerprint density at radius 1 is 0.479 bits per heavy atom. The molecule has 2 atom stereocenters. The standard InChI is InChI=1S/C59H56N8O4/c1-65(2)53-33-49(37-60-54(56(68)69)35-51-39-66(41-62-51)58(43-21-9-3-10-22-43,44-23-11-4-12-24-44)45-25-13-5-14-26-45)64-50(34-53)38-61-55(57(70)71)36-52-40-67(42-63-52)59(46-27-15-6-16-28-46,47-29-17-7-18-30-47)48-31-19-8-20-32-48/h3-34,39-42,54-55,60-61H,35-38H2,1-2H3,(H,68,69)(H,70,71)/t54-,55-/m0/s1. The van der Waals surface area contributed by atoms with Crippen LogP contribution >= 0.6 is 0 Å². The number of carbonyl (C=O) groups is 2. The Morgan fingerprint density at radius 3 is 1.01 bits per heavy atom. The summed E-state index contributed by atoms with van der Waals surface area (Å²) in [7, 11) is 3.83. The summed E-state index contributed by atoms with van der Waals surface area (Å²) in [6.07, 6.45) is 7.66. The second kappa shape index (κ2) is 21.5. The van der Waals surface area contributed by atoms with Crippen molar-refractivity contribution in [2.24, 2.45) is 0 Å². The molecule has 6 aromatic carbocycles. The van der Waals surface area contributed by atoms with Crippen molar-refractivity contribution in [2.75, 3.05) is 19.0 Å². The van der Waals surface area contributed by atoms with Crippen molar-refractivity contribution in [1.82, 2.24) is 34.7 Å². The van der Waals surface area contributed by atoms with Gasteiger partial charge in [0.2, 0.25) is 0 Å². The third-order valence-corrected chi connectivity index (χ3v) is 13.1. The number of imidazole rings is 2. The molecule has 356 valence electrons. The molecule has 12 heteroatoms. The van der Waals surface area contributed by atoms with Gasteiger partial charge >= 0.3 is 11.9 Å². The van der Waals surface area contributed by atoms with Gasteiger partial charge in [-0.3, -0.25) is 25.2 Å². The number of nitrogens with one attached hydrogen (secondary N) is 2. The van der Waals surface area contributed by atoms with Crippen molar-refractivity contribution in [3.63, 3.8) is 0 Å². The molecule has 12 nitrogen and oxygen atoms in total. The summed E-state index contributed by atoms with van der Waals surface area (Å²) in [5.74, 6) is -2.04. The lowest BCUT2D eigenvalue weighted by Crippen LogP contribution is -2.39. The zero-order valence-electron chi connectivity index (χ0n) is 39.7. The molecular weight excluding hydrogens is 885 g/mol. The van der Waals surface area contributed by atoms with E-state index in [0.717, 1.165) is 39.1 Å². The van der Waals surface area contributed by atoms with Gasteiger partial charge in [0, 0.05) is 58.1 Å². The van der Waals surface area contributed by atoms with Gasteiger partial charge in [-0.15, -0.1) is 0 Å². The van der Waals surface area contributed by atoms with E-state index in [1.807, 2.05) is 153 Å². The Balaban J connectivity index is 0.936. The Kier molecular flexibility index (Phi) is 14.4. The number of aromatic nitrogens is 5. The molecule has 4 N–H and O–H groups in total. The van der Waals surface area contributed by atoms with Crippen LogP contribution in [-0.4, -0.2) is 72.4 Å². The van der Waals surface area contributed by atoms with Gasteiger partial charge in [0.15, 0.2) is 0 Å². The monoisotopic (exact) mass is 940 g/mol. The van der Waals surface area contributed by atoms with Gasteiger partial charge in [-0.2, -0.15) is 0 Å². The first-order chi connectivity index (χ1) is 34.7. The minimum atomic E-state index is -1.02. The van der Waals surface area contributed by atoms with E-state index in [1.165, 1.54) is 0 Å². The second-order valence-electron chi connectivity index (χ2n) is 17.8. The van der Waals surface area contributed by atoms with E-state index in [0.29, 0.717) is 22.8 Å². The highest BCUT2D eigenvalue weighted by atomic mass is 16.4. The van der Waals surface area contributed by atoms with Crippen LogP contribution in [0.4, 0.5) is 5.69 Å². The van der Waals surface area contributed by atoms with E-state index in [1.54, 1.807) is 12.7 Å². The number of pyridine rings is 1. The molecule has 0 aliphatic heterocycles. The number of carboxylic acid groups (broad SMARTS) is 2. The lowest BCUT2D eigenvalue weighted by molar-refractivity contribution is -0.140. The Morgan fingerprint density at radius 2 is 0.761 bits per heavy atom. The second-order valence-corrected chi connectivity index (χ2v) is 17.8. The summed E-state index contributed by atoms with van der Waals surface area (Å²) in [4.78, 5) is 42.2. The fourth-order valence-corrected chi connectivity index (χ4v) is 9.71. The summed E-state index contributed by atoms with van der Waals surface area (Å²) >= 11 is 0. The van der Waals surface area contributed by atoms with E-state index >= 15 is 0 Å². The maximum Gasteiger partial charge on any atom is 0.321 e. The molecule has 9 rings (SSSR count). The van der Waals surface area contributed by atoms with Crippen LogP contribution in [-0.2, 0) is 46.6 Å². The van der Waals surface area contributed by atoms with Crippen molar-refractivity contribution < 1.29 is 19.8 Å². The lowest BCUT2D eigenvalue weighted by atomic mass is 9.77. The molecule has 0 fully saturated rings. The molecule has 0 saturated heterocycles. The zero-order chi connectivity index (χ0) is 49.2. The normalized spacial score (nSPS) is 12.5. The molecule has 0 unspecified atom stereocenters. The highest BCUT2D eigenvalue weighted by Crippen LogP contribution is 2.42. The van der Waals surface area contributed by atoms with E-state index in [4.69, 9.17) is 15.0 Å². The van der Waals surface area contributed by atoms with E-state index < -0.39 is 35.1 Å². The van der Waals surface area contributed by atoms with Crippen molar-refractivity contribution in [2.45, 2.75) is 49.1 Å². The van der Waals surface area contributed by atoms with Crippen LogP contribution in [0.15, 0.2) is 219 Å². The Labute approximate surface area is 414 Å². The molecule has 0 radical (unpaired) electrons. The third-order valence-electron chi connectivity index (χ3n) is 13.1. The van der Waals surface area contributed by atoms with E-state index in [2.05, 4.69) is 92.6 Å². The number of hydrogen-bond donors (Lipinski definition) is 4. The number of rotatable bonds is 21. The average molecular weight is 941 g/mol.